The Balaban J connectivity index is 1.75. The van der Waals surface area contributed by atoms with Crippen LogP contribution in [0.3, 0.4) is 0 Å². The normalized spacial score (nSPS) is 10.6. The Bertz CT molecular complexity index is 1100. The van der Waals surface area contributed by atoms with E-state index in [1.54, 1.807) is 35.5 Å². The number of benzene rings is 2. The van der Waals surface area contributed by atoms with Crippen LogP contribution in [-0.2, 0) is 22.6 Å². The molecule has 0 atom stereocenters. The molecule has 3 rings (SSSR count). The number of amides is 3. The van der Waals surface area contributed by atoms with Gasteiger partial charge in [0, 0.05) is 47.8 Å². The molecule has 36 heavy (non-hydrogen) atoms. The lowest BCUT2D eigenvalue weighted by Gasteiger charge is -2.28. The Kier molecular flexibility index (Phi) is 10.8. The smallest absolute Gasteiger partial charge is 0.322 e. The maximum absolute atomic E-state index is 13.6. The average Bonchev–Trinajstić information content (AvgIpc) is 3.30. The molecule has 0 unspecified atom stereocenters. The summed E-state index contributed by atoms with van der Waals surface area (Å²) in [5.41, 5.74) is 1.65. The highest BCUT2D eigenvalue weighted by Crippen LogP contribution is 2.20. The van der Waals surface area contributed by atoms with E-state index in [1.807, 2.05) is 54.3 Å². The monoisotopic (exact) mass is 509 g/mol. The summed E-state index contributed by atoms with van der Waals surface area (Å²) in [5, 5.41) is 2.90. The third-order valence-electron chi connectivity index (χ3n) is 5.57. The maximum Gasteiger partial charge on any atom is 0.322 e. The number of thiophene rings is 1. The van der Waals surface area contributed by atoms with Crippen molar-refractivity contribution >= 4 is 29.0 Å². The van der Waals surface area contributed by atoms with Crippen LogP contribution in [-0.4, -0.2) is 55.2 Å². The van der Waals surface area contributed by atoms with Gasteiger partial charge in [0.2, 0.25) is 5.91 Å². The SMILES string of the molecule is CCOCCCN(CC(=O)N(Cc1ccccc1)Cc1ccc(C)s1)C(=O)Nc1cccc(OC)c1. The molecule has 0 fully saturated rings. The molecule has 1 heterocycles. The molecule has 1 aromatic heterocycles. The lowest BCUT2D eigenvalue weighted by Crippen LogP contribution is -2.44. The summed E-state index contributed by atoms with van der Waals surface area (Å²) in [6, 6.07) is 20.9. The molecule has 0 spiro atoms. The Hall–Kier alpha value is -3.36. The van der Waals surface area contributed by atoms with Gasteiger partial charge in [0.25, 0.3) is 0 Å². The highest BCUT2D eigenvalue weighted by molar-refractivity contribution is 7.11. The molecule has 192 valence electrons. The quantitative estimate of drug-likeness (QED) is 0.307. The van der Waals surface area contributed by atoms with Crippen molar-refractivity contribution in [2.45, 2.75) is 33.4 Å². The second kappa shape index (κ2) is 14.3. The van der Waals surface area contributed by atoms with E-state index in [1.165, 1.54) is 4.88 Å². The predicted octanol–water partition coefficient (Wildman–Crippen LogP) is 5.55. The molecule has 3 aromatic rings. The number of hydrogen-bond acceptors (Lipinski definition) is 5. The number of urea groups is 1. The molecule has 1 N–H and O–H groups in total. The van der Waals surface area contributed by atoms with E-state index in [0.717, 1.165) is 10.4 Å². The summed E-state index contributed by atoms with van der Waals surface area (Å²) in [5.74, 6) is 0.536. The number of rotatable bonds is 13. The van der Waals surface area contributed by atoms with Crippen molar-refractivity contribution in [1.82, 2.24) is 9.80 Å². The fraction of sp³-hybridized carbons (Fsp3) is 0.357. The molecule has 0 radical (unpaired) electrons. The van der Waals surface area contributed by atoms with Crippen molar-refractivity contribution in [1.29, 1.82) is 0 Å². The Labute approximate surface area is 217 Å². The standard InChI is InChI=1S/C28H35N3O4S/c1-4-35-17-9-16-30(28(33)29-24-12-8-13-25(18-24)34-3)21-27(32)31(19-23-10-6-5-7-11-23)20-26-15-14-22(2)36-26/h5-8,10-15,18H,4,9,16-17,19-21H2,1-3H3,(H,29,33). The van der Waals surface area contributed by atoms with Crippen LogP contribution in [0.15, 0.2) is 66.7 Å². The minimum atomic E-state index is -0.334. The van der Waals surface area contributed by atoms with Crippen molar-refractivity contribution in [3.05, 3.63) is 82.0 Å². The number of methoxy groups -OCH3 is 1. The minimum Gasteiger partial charge on any atom is -0.497 e. The Morgan fingerprint density at radius 1 is 0.972 bits per heavy atom. The van der Waals surface area contributed by atoms with Crippen LogP contribution in [0.4, 0.5) is 10.5 Å². The summed E-state index contributed by atoms with van der Waals surface area (Å²) >= 11 is 1.68. The number of nitrogens with one attached hydrogen (secondary N) is 1. The first kappa shape index (κ1) is 27.2. The molecule has 2 aromatic carbocycles. The van der Waals surface area contributed by atoms with Crippen LogP contribution in [0.25, 0.3) is 0 Å². The molecule has 8 heteroatoms. The fourth-order valence-corrected chi connectivity index (χ4v) is 4.62. The Morgan fingerprint density at radius 3 is 2.47 bits per heavy atom. The zero-order chi connectivity index (χ0) is 25.8. The third kappa shape index (κ3) is 8.70. The van der Waals surface area contributed by atoms with Gasteiger partial charge >= 0.3 is 6.03 Å². The summed E-state index contributed by atoms with van der Waals surface area (Å²) in [4.78, 5) is 32.5. The van der Waals surface area contributed by atoms with E-state index >= 15 is 0 Å². The molecule has 3 amide bonds. The van der Waals surface area contributed by atoms with Crippen molar-refractivity contribution < 1.29 is 19.1 Å². The number of aryl methyl sites for hydroxylation is 1. The molecule has 7 nitrogen and oxygen atoms in total. The van der Waals surface area contributed by atoms with E-state index in [2.05, 4.69) is 24.4 Å². The predicted molar refractivity (Wildman–Crippen MR) is 144 cm³/mol. The number of carbonyl (C=O) groups excluding carboxylic acids is 2. The second-order valence-corrected chi connectivity index (χ2v) is 9.75. The number of nitrogens with zero attached hydrogens (tertiary/aromatic N) is 2. The zero-order valence-corrected chi connectivity index (χ0v) is 22.1. The summed E-state index contributed by atoms with van der Waals surface area (Å²) < 4.78 is 10.7. The van der Waals surface area contributed by atoms with Gasteiger partial charge in [0.1, 0.15) is 12.3 Å². The fourth-order valence-electron chi connectivity index (χ4n) is 3.72. The highest BCUT2D eigenvalue weighted by atomic mass is 32.1. The van der Waals surface area contributed by atoms with Crippen LogP contribution < -0.4 is 10.1 Å². The van der Waals surface area contributed by atoms with E-state index in [0.29, 0.717) is 50.7 Å². The molecule has 0 aliphatic heterocycles. The van der Waals surface area contributed by atoms with Gasteiger partial charge in [-0.3, -0.25) is 4.79 Å². The van der Waals surface area contributed by atoms with Crippen LogP contribution in [0.5, 0.6) is 5.75 Å². The van der Waals surface area contributed by atoms with E-state index in [4.69, 9.17) is 9.47 Å². The number of ether oxygens (including phenoxy) is 2. The largest absolute Gasteiger partial charge is 0.497 e. The first-order valence-electron chi connectivity index (χ1n) is 12.1. The van der Waals surface area contributed by atoms with Gasteiger partial charge < -0.3 is 24.6 Å². The van der Waals surface area contributed by atoms with Crippen LogP contribution >= 0.6 is 11.3 Å². The average molecular weight is 510 g/mol. The molecule has 0 saturated heterocycles. The lowest BCUT2D eigenvalue weighted by molar-refractivity contribution is -0.133. The summed E-state index contributed by atoms with van der Waals surface area (Å²) in [6.07, 6.45) is 0.634. The van der Waals surface area contributed by atoms with E-state index in [9.17, 15) is 9.59 Å². The van der Waals surface area contributed by atoms with Gasteiger partial charge in [-0.2, -0.15) is 0 Å². The number of anilines is 1. The molecular weight excluding hydrogens is 474 g/mol. The topological polar surface area (TPSA) is 71.1 Å². The van der Waals surface area contributed by atoms with E-state index < -0.39 is 0 Å². The van der Waals surface area contributed by atoms with Crippen molar-refractivity contribution in [3.8, 4) is 5.75 Å². The maximum atomic E-state index is 13.6. The molecule has 0 saturated carbocycles. The third-order valence-corrected chi connectivity index (χ3v) is 6.55. The van der Waals surface area contributed by atoms with Crippen molar-refractivity contribution in [2.75, 3.05) is 38.7 Å². The van der Waals surface area contributed by atoms with Crippen molar-refractivity contribution in [3.63, 3.8) is 0 Å². The molecule has 0 bridgehead atoms. The first-order valence-corrected chi connectivity index (χ1v) is 12.9. The van der Waals surface area contributed by atoms with Gasteiger partial charge in [0.15, 0.2) is 0 Å². The Morgan fingerprint density at radius 2 is 1.78 bits per heavy atom. The van der Waals surface area contributed by atoms with E-state index in [-0.39, 0.29) is 18.5 Å². The van der Waals surface area contributed by atoms with Crippen LogP contribution in [0.2, 0.25) is 0 Å². The van der Waals surface area contributed by atoms with Crippen molar-refractivity contribution in [2.24, 2.45) is 0 Å². The molecular formula is C28H35N3O4S. The van der Waals surface area contributed by atoms with Gasteiger partial charge in [-0.15, -0.1) is 11.3 Å². The zero-order valence-electron chi connectivity index (χ0n) is 21.2. The van der Waals surface area contributed by atoms with Gasteiger partial charge in [-0.05, 0) is 50.1 Å². The highest BCUT2D eigenvalue weighted by Gasteiger charge is 2.22. The van der Waals surface area contributed by atoms with Crippen LogP contribution in [0.1, 0.15) is 28.7 Å². The van der Waals surface area contributed by atoms with Gasteiger partial charge in [-0.25, -0.2) is 4.79 Å². The summed E-state index contributed by atoms with van der Waals surface area (Å²) in [6.45, 7) is 6.47. The summed E-state index contributed by atoms with van der Waals surface area (Å²) in [7, 11) is 1.58. The van der Waals surface area contributed by atoms with Gasteiger partial charge in [-0.1, -0.05) is 36.4 Å². The second-order valence-electron chi connectivity index (χ2n) is 8.38. The minimum absolute atomic E-state index is 0.0287. The number of carbonyl (C=O) groups is 2. The lowest BCUT2D eigenvalue weighted by atomic mass is 10.2. The molecule has 0 aliphatic rings. The first-order chi connectivity index (χ1) is 17.5. The van der Waals surface area contributed by atoms with Crippen LogP contribution in [0, 0.1) is 6.92 Å². The van der Waals surface area contributed by atoms with Gasteiger partial charge in [0.05, 0.1) is 13.7 Å². The molecule has 0 aliphatic carbocycles. The number of hydrogen-bond donors (Lipinski definition) is 1.